The van der Waals surface area contributed by atoms with Crippen LogP contribution < -0.4 is 0 Å². The summed E-state index contributed by atoms with van der Waals surface area (Å²) in [4.78, 5) is 2.74. The van der Waals surface area contributed by atoms with Gasteiger partial charge in [0.05, 0.1) is 0 Å². The fourth-order valence-corrected chi connectivity index (χ4v) is 2.02. The van der Waals surface area contributed by atoms with Gasteiger partial charge in [-0.2, -0.15) is 14.7 Å². The molecule has 0 saturated heterocycles. The van der Waals surface area contributed by atoms with Crippen molar-refractivity contribution >= 4 is 62.3 Å². The first-order chi connectivity index (χ1) is 11.4. The van der Waals surface area contributed by atoms with E-state index in [2.05, 4.69) is 20.8 Å². The molecule has 0 unspecified atom stereocenters. The first-order valence-electron chi connectivity index (χ1n) is 7.58. The van der Waals surface area contributed by atoms with Crippen molar-refractivity contribution < 1.29 is 0 Å². The smallest absolute Gasteiger partial charge is 0.780 e. The normalized spacial score (nSPS) is 8.76. The fourth-order valence-electron chi connectivity index (χ4n) is 1.61. The summed E-state index contributed by atoms with van der Waals surface area (Å²) in [6.07, 6.45) is 0. The molecule has 0 nitrogen and oxygen atoms in total. The van der Waals surface area contributed by atoms with E-state index in [0.29, 0.717) is 0 Å². The van der Waals surface area contributed by atoms with Crippen LogP contribution >= 0.6 is 0 Å². The molecule has 0 aliphatic heterocycles. The molecule has 4 heteroatoms. The van der Waals surface area contributed by atoms with Crippen LogP contribution in [0, 0.1) is 20.8 Å². The van der Waals surface area contributed by atoms with Crippen LogP contribution in [0.2, 0.25) is 0 Å². The Morgan fingerprint density at radius 2 is 0.560 bits per heavy atom. The van der Waals surface area contributed by atoms with Gasteiger partial charge in [0.15, 0.2) is 0 Å². The largest absolute Gasteiger partial charge is 3.00 e. The van der Waals surface area contributed by atoms with E-state index >= 15 is 0 Å². The predicted molar refractivity (Wildman–Crippen MR) is 116 cm³/mol. The van der Waals surface area contributed by atoms with Gasteiger partial charge in [0, 0.05) is 0 Å². The van der Waals surface area contributed by atoms with E-state index in [1.807, 2.05) is 72.8 Å². The molecule has 128 valence electrons. The Morgan fingerprint density at radius 1 is 0.400 bits per heavy atom. The maximum absolute atomic E-state index is 4.87. The average Bonchev–Trinajstić information content (AvgIpc) is 2.57. The van der Waals surface area contributed by atoms with Crippen LogP contribution in [0.25, 0.3) is 0 Å². The average molecular weight is 491 g/mol. The Bertz CT molecular complexity index is 539. The molecular weight excluding hydrogens is 470 g/mol. The van der Waals surface area contributed by atoms with Gasteiger partial charge in [0.2, 0.25) is 0 Å². The number of hydrogen-bond acceptors (Lipinski definition) is 3. The molecule has 3 rings (SSSR count). The van der Waals surface area contributed by atoms with Gasteiger partial charge in [-0.1, -0.05) is 89.5 Å². The van der Waals surface area contributed by atoms with Gasteiger partial charge < -0.3 is 37.9 Å². The zero-order chi connectivity index (χ0) is 17.9. The van der Waals surface area contributed by atoms with E-state index in [9.17, 15) is 0 Å². The molecule has 0 aliphatic carbocycles. The second kappa shape index (κ2) is 13.4. The van der Waals surface area contributed by atoms with Gasteiger partial charge in [-0.15, -0.1) is 0 Å². The molecule has 3 aromatic rings. The topological polar surface area (TPSA) is 0 Å². The van der Waals surface area contributed by atoms with Crippen molar-refractivity contribution in [2.75, 3.05) is 0 Å². The Balaban J connectivity index is 0.000000339. The molecule has 0 heterocycles. The molecule has 0 aromatic heterocycles. The van der Waals surface area contributed by atoms with Gasteiger partial charge in [0.25, 0.3) is 0 Å². The maximum Gasteiger partial charge on any atom is 3.00 e. The van der Waals surface area contributed by atoms with Crippen LogP contribution in [0.15, 0.2) is 87.5 Å². The number of rotatable bonds is 0. The van der Waals surface area contributed by atoms with Crippen LogP contribution in [0.5, 0.6) is 0 Å². The summed E-state index contributed by atoms with van der Waals surface area (Å²) < 4.78 is 0. The summed E-state index contributed by atoms with van der Waals surface area (Å²) in [5.41, 5.74) is 3.79. The number of aryl methyl sites for hydroxylation is 3. The van der Waals surface area contributed by atoms with Crippen molar-refractivity contribution in [1.82, 2.24) is 0 Å². The van der Waals surface area contributed by atoms with E-state index < -0.39 is 0 Å². The van der Waals surface area contributed by atoms with Crippen molar-refractivity contribution in [2.24, 2.45) is 0 Å². The second-order valence-electron chi connectivity index (χ2n) is 5.44. The van der Waals surface area contributed by atoms with Crippen LogP contribution in [-0.2, 0) is 37.9 Å². The zero-order valence-corrected chi connectivity index (χ0v) is 19.6. The summed E-state index contributed by atoms with van der Waals surface area (Å²) in [5, 5.41) is 0. The molecule has 0 saturated carbocycles. The van der Waals surface area contributed by atoms with E-state index in [-0.39, 0.29) is 24.4 Å². The Labute approximate surface area is 186 Å². The van der Waals surface area contributed by atoms with Crippen LogP contribution in [0.3, 0.4) is 0 Å². The number of hydrogen-bond donors (Lipinski definition) is 0. The van der Waals surface area contributed by atoms with E-state index in [0.717, 1.165) is 14.7 Å². The van der Waals surface area contributed by atoms with Crippen molar-refractivity contribution in [2.45, 2.75) is 35.5 Å². The Hall–Kier alpha value is -0.862. The molecule has 2 radical (unpaired) electrons. The quantitative estimate of drug-likeness (QED) is 0.309. The van der Waals surface area contributed by atoms with E-state index in [4.69, 9.17) is 37.9 Å². The minimum Gasteiger partial charge on any atom is -0.780 e. The molecule has 0 N–H and O–H groups in total. The standard InChI is InChI=1S/3C7H8S.Sb/c3*1-6-2-4-7(8)5-3-6;/h3*2-5,8H,1H3;/q;;;+3/p-3. The van der Waals surface area contributed by atoms with Gasteiger partial charge in [-0.25, -0.2) is 0 Å². The van der Waals surface area contributed by atoms with Gasteiger partial charge >= 0.3 is 24.4 Å². The van der Waals surface area contributed by atoms with Crippen LogP contribution in [-0.4, -0.2) is 24.4 Å². The second-order valence-corrected chi connectivity index (χ2v) is 6.85. The first kappa shape index (κ1) is 24.1. The zero-order valence-electron chi connectivity index (χ0n) is 14.6. The van der Waals surface area contributed by atoms with Crippen molar-refractivity contribution in [3.63, 3.8) is 0 Å². The van der Waals surface area contributed by atoms with Crippen LogP contribution in [0.1, 0.15) is 16.7 Å². The Morgan fingerprint density at radius 3 is 0.680 bits per heavy atom. The summed E-state index contributed by atoms with van der Waals surface area (Å²) in [6, 6.07) is 23.7. The van der Waals surface area contributed by atoms with Gasteiger partial charge in [-0.05, 0) is 20.8 Å². The van der Waals surface area contributed by atoms with Crippen molar-refractivity contribution in [1.29, 1.82) is 0 Å². The molecule has 0 spiro atoms. The van der Waals surface area contributed by atoms with E-state index in [1.54, 1.807) is 0 Å². The molecule has 0 bridgehead atoms. The van der Waals surface area contributed by atoms with Crippen LogP contribution in [0.4, 0.5) is 0 Å². The summed E-state index contributed by atoms with van der Waals surface area (Å²) >= 11 is 14.6. The molecule has 0 amide bonds. The summed E-state index contributed by atoms with van der Waals surface area (Å²) in [6.45, 7) is 6.15. The fraction of sp³-hybridized carbons (Fsp3) is 0.143. The third-order valence-corrected chi connectivity index (χ3v) is 3.88. The minimum absolute atomic E-state index is 0. The number of benzene rings is 3. The third-order valence-electron chi connectivity index (χ3n) is 3.06. The predicted octanol–water partition coefficient (Wildman–Crippen LogP) is 5.32. The van der Waals surface area contributed by atoms with E-state index in [1.165, 1.54) is 16.7 Å². The minimum atomic E-state index is 0. The molecular formula is C21H21S3Sb. The molecule has 0 aliphatic rings. The summed E-state index contributed by atoms with van der Waals surface area (Å²) in [7, 11) is 0. The van der Waals surface area contributed by atoms with Gasteiger partial charge in [-0.3, -0.25) is 0 Å². The Kier molecular flexibility index (Phi) is 12.9. The van der Waals surface area contributed by atoms with Gasteiger partial charge in [0.1, 0.15) is 0 Å². The molecule has 3 aromatic carbocycles. The third kappa shape index (κ3) is 12.2. The maximum atomic E-state index is 4.87. The first-order valence-corrected chi connectivity index (χ1v) is 8.80. The monoisotopic (exact) mass is 490 g/mol. The molecule has 0 atom stereocenters. The summed E-state index contributed by atoms with van der Waals surface area (Å²) in [5.74, 6) is 0. The SMILES string of the molecule is Cc1ccc([S-])cc1.Cc1ccc([S-])cc1.Cc1ccc([S-])cc1.[Sb+3]. The van der Waals surface area contributed by atoms with Crippen molar-refractivity contribution in [3.8, 4) is 0 Å². The molecule has 0 fully saturated rings. The van der Waals surface area contributed by atoms with Crippen molar-refractivity contribution in [3.05, 3.63) is 89.5 Å². The molecule has 25 heavy (non-hydrogen) atoms.